The van der Waals surface area contributed by atoms with Crippen molar-refractivity contribution in [1.82, 2.24) is 9.97 Å². The average molecular weight is 300 g/mol. The predicted molar refractivity (Wildman–Crippen MR) is 83.5 cm³/mol. The molecule has 3 N–H and O–H groups in total. The zero-order chi connectivity index (χ0) is 15.5. The Morgan fingerprint density at radius 3 is 2.41 bits per heavy atom. The van der Waals surface area contributed by atoms with E-state index in [4.69, 9.17) is 0 Å². The molecule has 0 bridgehead atoms. The lowest BCUT2D eigenvalue weighted by Crippen LogP contribution is -2.29. The van der Waals surface area contributed by atoms with Crippen LogP contribution in [0.2, 0.25) is 0 Å². The number of anilines is 2. The summed E-state index contributed by atoms with van der Waals surface area (Å²) in [7, 11) is 0. The Balaban J connectivity index is 1.73. The van der Waals surface area contributed by atoms with Crippen molar-refractivity contribution >= 4 is 17.3 Å². The van der Waals surface area contributed by atoms with Crippen molar-refractivity contribution < 1.29 is 4.79 Å². The van der Waals surface area contributed by atoms with Crippen molar-refractivity contribution in [2.45, 2.75) is 12.8 Å². The Kier molecular flexibility index (Phi) is 3.78. The van der Waals surface area contributed by atoms with Crippen LogP contribution in [-0.4, -0.2) is 29.0 Å². The zero-order valence-corrected chi connectivity index (χ0v) is 11.9. The van der Waals surface area contributed by atoms with Gasteiger partial charge in [-0.05, 0) is 37.1 Å². The first-order valence-electron chi connectivity index (χ1n) is 7.12. The fraction of sp³-hybridized carbons (Fsp3) is 0.267. The Morgan fingerprint density at radius 2 is 1.77 bits per heavy atom. The fourth-order valence-corrected chi connectivity index (χ4v) is 2.51. The molecule has 0 spiro atoms. The Labute approximate surface area is 126 Å². The van der Waals surface area contributed by atoms with E-state index in [1.807, 2.05) is 17.1 Å². The number of benzene rings is 1. The van der Waals surface area contributed by atoms with E-state index in [-0.39, 0.29) is 5.56 Å². The largest absolute Gasteiger partial charge is 0.372 e. The van der Waals surface area contributed by atoms with Gasteiger partial charge in [0.2, 0.25) is 0 Å². The maximum absolute atomic E-state index is 12.0. The van der Waals surface area contributed by atoms with Gasteiger partial charge in [0.15, 0.2) is 0 Å². The molecule has 1 saturated heterocycles. The summed E-state index contributed by atoms with van der Waals surface area (Å²) in [6, 6.07) is 7.48. The van der Waals surface area contributed by atoms with Gasteiger partial charge in [-0.1, -0.05) is 0 Å². The normalized spacial score (nSPS) is 14.1. The van der Waals surface area contributed by atoms with E-state index in [0.29, 0.717) is 5.69 Å². The number of aromatic amines is 2. The summed E-state index contributed by atoms with van der Waals surface area (Å²) in [5, 5.41) is 2.64. The van der Waals surface area contributed by atoms with Crippen LogP contribution >= 0.6 is 0 Å². The third-order valence-electron chi connectivity index (χ3n) is 3.66. The number of nitrogens with one attached hydrogen (secondary N) is 3. The van der Waals surface area contributed by atoms with Crippen LogP contribution in [-0.2, 0) is 0 Å². The smallest absolute Gasteiger partial charge is 0.325 e. The van der Waals surface area contributed by atoms with E-state index in [1.54, 1.807) is 12.1 Å². The molecule has 1 fully saturated rings. The highest BCUT2D eigenvalue weighted by Gasteiger charge is 2.13. The quantitative estimate of drug-likeness (QED) is 0.785. The summed E-state index contributed by atoms with van der Waals surface area (Å²) < 4.78 is 0. The van der Waals surface area contributed by atoms with Crippen molar-refractivity contribution in [3.05, 3.63) is 56.9 Å². The van der Waals surface area contributed by atoms with Crippen LogP contribution < -0.4 is 21.5 Å². The summed E-state index contributed by atoms with van der Waals surface area (Å²) in [5.41, 5.74) is 0.227. The van der Waals surface area contributed by atoms with E-state index in [0.717, 1.165) is 25.0 Å². The molecule has 1 aromatic heterocycles. The average Bonchev–Trinajstić information content (AvgIpc) is 3.02. The first-order valence-corrected chi connectivity index (χ1v) is 7.12. The van der Waals surface area contributed by atoms with Crippen LogP contribution in [0, 0.1) is 0 Å². The van der Waals surface area contributed by atoms with Gasteiger partial charge in [0.05, 0.1) is 0 Å². The lowest BCUT2D eigenvalue weighted by atomic mass is 10.2. The number of H-pyrrole nitrogens is 2. The number of rotatable bonds is 3. The second-order valence-corrected chi connectivity index (χ2v) is 5.18. The van der Waals surface area contributed by atoms with Crippen LogP contribution in [0.3, 0.4) is 0 Å². The van der Waals surface area contributed by atoms with Crippen molar-refractivity contribution in [1.29, 1.82) is 0 Å². The first kappa shape index (κ1) is 14.1. The van der Waals surface area contributed by atoms with E-state index in [9.17, 15) is 14.4 Å². The number of carbonyl (C=O) groups is 1. The maximum Gasteiger partial charge on any atom is 0.325 e. The highest BCUT2D eigenvalue weighted by molar-refractivity contribution is 6.03. The SMILES string of the molecule is O=C(Nc1ccc(N2CCCC2)cc1)c1c[nH]c(=O)[nH]c1=O. The molecule has 0 saturated carbocycles. The minimum atomic E-state index is -0.713. The zero-order valence-electron chi connectivity index (χ0n) is 11.9. The topological polar surface area (TPSA) is 98.1 Å². The molecule has 0 atom stereocenters. The number of amides is 1. The third-order valence-corrected chi connectivity index (χ3v) is 3.66. The second-order valence-electron chi connectivity index (χ2n) is 5.18. The Morgan fingerprint density at radius 1 is 1.09 bits per heavy atom. The van der Waals surface area contributed by atoms with Crippen LogP contribution in [0.1, 0.15) is 23.2 Å². The summed E-state index contributed by atoms with van der Waals surface area (Å²) in [6.45, 7) is 2.11. The van der Waals surface area contributed by atoms with E-state index in [2.05, 4.69) is 15.2 Å². The molecular formula is C15H16N4O3. The minimum absolute atomic E-state index is 0.136. The second kappa shape index (κ2) is 5.88. The molecule has 7 heteroatoms. The molecule has 2 heterocycles. The number of carbonyl (C=O) groups excluding carboxylic acids is 1. The molecule has 0 unspecified atom stereocenters. The van der Waals surface area contributed by atoms with Gasteiger partial charge in [-0.3, -0.25) is 14.6 Å². The van der Waals surface area contributed by atoms with E-state index in [1.165, 1.54) is 12.8 Å². The maximum atomic E-state index is 12.0. The molecule has 114 valence electrons. The third kappa shape index (κ3) is 2.93. The highest BCUT2D eigenvalue weighted by Crippen LogP contribution is 2.22. The Bertz CT molecular complexity index is 785. The van der Waals surface area contributed by atoms with Gasteiger partial charge in [0, 0.05) is 30.7 Å². The summed E-state index contributed by atoms with van der Waals surface area (Å²) in [6.07, 6.45) is 3.51. The van der Waals surface area contributed by atoms with Crippen molar-refractivity contribution in [3.63, 3.8) is 0 Å². The summed E-state index contributed by atoms with van der Waals surface area (Å²) in [5.74, 6) is -0.563. The van der Waals surface area contributed by atoms with Crippen LogP contribution in [0.4, 0.5) is 11.4 Å². The van der Waals surface area contributed by atoms with Gasteiger partial charge < -0.3 is 15.2 Å². The number of aromatic nitrogens is 2. The van der Waals surface area contributed by atoms with Crippen molar-refractivity contribution in [3.8, 4) is 0 Å². The van der Waals surface area contributed by atoms with Gasteiger partial charge in [0.25, 0.3) is 11.5 Å². The molecule has 7 nitrogen and oxygen atoms in total. The number of hydrogen-bond donors (Lipinski definition) is 3. The van der Waals surface area contributed by atoms with E-state index >= 15 is 0 Å². The Hall–Kier alpha value is -2.83. The van der Waals surface area contributed by atoms with Gasteiger partial charge in [-0.25, -0.2) is 4.79 Å². The lowest BCUT2D eigenvalue weighted by Gasteiger charge is -2.17. The number of hydrogen-bond acceptors (Lipinski definition) is 4. The van der Waals surface area contributed by atoms with Gasteiger partial charge >= 0.3 is 5.69 Å². The molecule has 0 radical (unpaired) electrons. The number of nitrogens with zero attached hydrogens (tertiary/aromatic N) is 1. The molecule has 3 rings (SSSR count). The van der Waals surface area contributed by atoms with E-state index < -0.39 is 17.2 Å². The van der Waals surface area contributed by atoms with Gasteiger partial charge in [-0.15, -0.1) is 0 Å². The highest BCUT2D eigenvalue weighted by atomic mass is 16.2. The van der Waals surface area contributed by atoms with Crippen molar-refractivity contribution in [2.24, 2.45) is 0 Å². The first-order chi connectivity index (χ1) is 10.6. The van der Waals surface area contributed by atoms with Gasteiger partial charge in [0.1, 0.15) is 5.56 Å². The molecule has 22 heavy (non-hydrogen) atoms. The summed E-state index contributed by atoms with van der Waals surface area (Å²) in [4.78, 5) is 41.1. The van der Waals surface area contributed by atoms with Crippen LogP contribution in [0.25, 0.3) is 0 Å². The molecule has 0 aliphatic carbocycles. The fourth-order valence-electron chi connectivity index (χ4n) is 2.51. The molecule has 1 aliphatic rings. The van der Waals surface area contributed by atoms with Crippen LogP contribution in [0.5, 0.6) is 0 Å². The predicted octanol–water partition coefficient (Wildman–Crippen LogP) is 0.916. The summed E-state index contributed by atoms with van der Waals surface area (Å²) >= 11 is 0. The monoisotopic (exact) mass is 300 g/mol. The van der Waals surface area contributed by atoms with Gasteiger partial charge in [-0.2, -0.15) is 0 Å². The van der Waals surface area contributed by atoms with Crippen LogP contribution in [0.15, 0.2) is 40.1 Å². The molecule has 1 aliphatic heterocycles. The standard InChI is InChI=1S/C15H16N4O3/c20-13(12-9-16-15(22)18-14(12)21)17-10-3-5-11(6-4-10)19-7-1-2-8-19/h3-6,9H,1-2,7-8H2,(H,17,20)(H2,16,18,21,22). The molecule has 2 aromatic rings. The molecule has 1 amide bonds. The molecule has 1 aromatic carbocycles. The lowest BCUT2D eigenvalue weighted by molar-refractivity contribution is 0.102. The molecular weight excluding hydrogens is 284 g/mol. The van der Waals surface area contributed by atoms with Crippen molar-refractivity contribution in [2.75, 3.05) is 23.3 Å². The minimum Gasteiger partial charge on any atom is -0.372 e.